The van der Waals surface area contributed by atoms with Gasteiger partial charge in [-0.15, -0.1) is 0 Å². The number of halogens is 2. The van der Waals surface area contributed by atoms with E-state index in [-0.39, 0.29) is 16.3 Å². The number of aryl methyl sites for hydroxylation is 1. The van der Waals surface area contributed by atoms with Crippen molar-refractivity contribution in [3.8, 4) is 5.75 Å². The Morgan fingerprint density at radius 3 is 2.54 bits per heavy atom. The summed E-state index contributed by atoms with van der Waals surface area (Å²) in [5.74, 6) is -1.66. The smallest absolute Gasteiger partial charge is 0.335 e. The van der Waals surface area contributed by atoms with Gasteiger partial charge in [-0.3, -0.25) is 14.9 Å². The van der Waals surface area contributed by atoms with Crippen LogP contribution in [-0.2, 0) is 9.59 Å². The standard InChI is InChI=1S/C18H12BrClN2O4/c1-9-6-11(3-4-13(9)19)22-17(25)12(16(24)21-18(22)26)7-10-2-5-15(23)14(20)8-10/h2-8,23H,1H3,(H,21,24,26)/b12-7-. The van der Waals surface area contributed by atoms with Crippen molar-refractivity contribution in [2.75, 3.05) is 4.90 Å². The fourth-order valence-corrected chi connectivity index (χ4v) is 2.88. The highest BCUT2D eigenvalue weighted by Gasteiger charge is 2.36. The average molecular weight is 436 g/mol. The van der Waals surface area contributed by atoms with Gasteiger partial charge in [0.05, 0.1) is 10.7 Å². The molecule has 26 heavy (non-hydrogen) atoms. The van der Waals surface area contributed by atoms with E-state index >= 15 is 0 Å². The lowest BCUT2D eigenvalue weighted by atomic mass is 10.1. The molecule has 0 aromatic heterocycles. The summed E-state index contributed by atoms with van der Waals surface area (Å²) in [6.07, 6.45) is 1.31. The Hall–Kier alpha value is -2.64. The number of nitrogens with one attached hydrogen (secondary N) is 1. The van der Waals surface area contributed by atoms with Gasteiger partial charge in [-0.1, -0.05) is 33.6 Å². The molecule has 0 saturated carbocycles. The topological polar surface area (TPSA) is 86.7 Å². The Bertz CT molecular complexity index is 987. The number of aromatic hydroxyl groups is 1. The van der Waals surface area contributed by atoms with Crippen LogP contribution in [0, 0.1) is 6.92 Å². The molecule has 3 rings (SSSR count). The van der Waals surface area contributed by atoms with Gasteiger partial charge in [-0.05, 0) is 54.5 Å². The lowest BCUT2D eigenvalue weighted by molar-refractivity contribution is -0.122. The minimum absolute atomic E-state index is 0.0829. The molecule has 4 amide bonds. The fourth-order valence-electron chi connectivity index (χ4n) is 2.44. The van der Waals surface area contributed by atoms with Gasteiger partial charge in [0, 0.05) is 4.47 Å². The first-order valence-corrected chi connectivity index (χ1v) is 8.61. The fraction of sp³-hybridized carbons (Fsp3) is 0.0556. The number of benzene rings is 2. The lowest BCUT2D eigenvalue weighted by Crippen LogP contribution is -2.54. The largest absolute Gasteiger partial charge is 0.506 e. The molecule has 0 bridgehead atoms. The number of urea groups is 1. The van der Waals surface area contributed by atoms with E-state index in [1.54, 1.807) is 18.2 Å². The summed E-state index contributed by atoms with van der Waals surface area (Å²) >= 11 is 9.21. The van der Waals surface area contributed by atoms with Gasteiger partial charge in [0.25, 0.3) is 11.8 Å². The maximum absolute atomic E-state index is 12.8. The Labute approximate surface area is 162 Å². The average Bonchev–Trinajstić information content (AvgIpc) is 2.57. The van der Waals surface area contributed by atoms with Crippen LogP contribution >= 0.6 is 27.5 Å². The Kier molecular flexibility index (Phi) is 4.84. The molecule has 0 aliphatic carbocycles. The van der Waals surface area contributed by atoms with Crippen LogP contribution in [0.15, 0.2) is 46.4 Å². The molecule has 132 valence electrons. The molecule has 0 spiro atoms. The Balaban J connectivity index is 2.03. The highest BCUT2D eigenvalue weighted by Crippen LogP contribution is 2.28. The minimum atomic E-state index is -0.817. The second-order valence-corrected chi connectivity index (χ2v) is 6.86. The number of hydrogen-bond acceptors (Lipinski definition) is 4. The Morgan fingerprint density at radius 1 is 1.15 bits per heavy atom. The maximum atomic E-state index is 12.8. The third kappa shape index (κ3) is 3.36. The first kappa shape index (κ1) is 18.2. The lowest BCUT2D eigenvalue weighted by Gasteiger charge is -2.26. The van der Waals surface area contributed by atoms with Gasteiger partial charge in [0.2, 0.25) is 0 Å². The third-order valence-electron chi connectivity index (χ3n) is 3.78. The molecule has 2 N–H and O–H groups in total. The van der Waals surface area contributed by atoms with Crippen LogP contribution in [-0.4, -0.2) is 23.0 Å². The molecule has 1 fully saturated rings. The van der Waals surface area contributed by atoms with E-state index < -0.39 is 17.8 Å². The van der Waals surface area contributed by atoms with E-state index in [4.69, 9.17) is 11.6 Å². The highest BCUT2D eigenvalue weighted by molar-refractivity contribution is 9.10. The number of imide groups is 2. The molecule has 1 heterocycles. The number of hydrogen-bond donors (Lipinski definition) is 2. The van der Waals surface area contributed by atoms with E-state index in [2.05, 4.69) is 21.2 Å². The normalized spacial score (nSPS) is 16.2. The first-order valence-electron chi connectivity index (χ1n) is 7.44. The number of nitrogens with zero attached hydrogens (tertiary/aromatic N) is 1. The molecule has 1 aliphatic rings. The number of barbiturate groups is 1. The predicted octanol–water partition coefficient (Wildman–Crippen LogP) is 3.78. The van der Waals surface area contributed by atoms with Crippen molar-refractivity contribution in [3.63, 3.8) is 0 Å². The molecule has 6 nitrogen and oxygen atoms in total. The summed E-state index contributed by atoms with van der Waals surface area (Å²) in [5.41, 5.74) is 1.39. The molecular formula is C18H12BrClN2O4. The van der Waals surface area contributed by atoms with E-state index in [1.165, 1.54) is 24.3 Å². The number of anilines is 1. The van der Waals surface area contributed by atoms with E-state index in [9.17, 15) is 19.5 Å². The van der Waals surface area contributed by atoms with Crippen molar-refractivity contribution in [2.45, 2.75) is 6.92 Å². The highest BCUT2D eigenvalue weighted by atomic mass is 79.9. The van der Waals surface area contributed by atoms with Crippen LogP contribution < -0.4 is 10.2 Å². The van der Waals surface area contributed by atoms with Crippen molar-refractivity contribution in [3.05, 3.63) is 62.6 Å². The molecule has 1 aliphatic heterocycles. The van der Waals surface area contributed by atoms with Crippen molar-refractivity contribution < 1.29 is 19.5 Å². The molecule has 2 aromatic carbocycles. The SMILES string of the molecule is Cc1cc(N2C(=O)NC(=O)/C(=C/c3ccc(O)c(Cl)c3)C2=O)ccc1Br. The molecule has 0 radical (unpaired) electrons. The molecule has 1 saturated heterocycles. The zero-order valence-corrected chi connectivity index (χ0v) is 15.8. The van der Waals surface area contributed by atoms with Crippen molar-refractivity contribution >= 4 is 57.1 Å². The van der Waals surface area contributed by atoms with Crippen molar-refractivity contribution in [2.24, 2.45) is 0 Å². The summed E-state index contributed by atoms with van der Waals surface area (Å²) in [5, 5.41) is 11.7. The number of amides is 4. The predicted molar refractivity (Wildman–Crippen MR) is 101 cm³/mol. The van der Waals surface area contributed by atoms with Gasteiger partial charge >= 0.3 is 6.03 Å². The van der Waals surface area contributed by atoms with Gasteiger partial charge in [-0.25, -0.2) is 9.69 Å². The van der Waals surface area contributed by atoms with Gasteiger partial charge in [-0.2, -0.15) is 0 Å². The Morgan fingerprint density at radius 2 is 1.88 bits per heavy atom. The van der Waals surface area contributed by atoms with E-state index in [1.807, 2.05) is 6.92 Å². The van der Waals surface area contributed by atoms with Crippen LogP contribution in [0.25, 0.3) is 6.08 Å². The van der Waals surface area contributed by atoms with Crippen molar-refractivity contribution in [1.29, 1.82) is 0 Å². The van der Waals surface area contributed by atoms with Crippen molar-refractivity contribution in [1.82, 2.24) is 5.32 Å². The second kappa shape index (κ2) is 6.93. The summed E-state index contributed by atoms with van der Waals surface area (Å²) in [6, 6.07) is 8.41. The van der Waals surface area contributed by atoms with Crippen LogP contribution in [0.1, 0.15) is 11.1 Å². The van der Waals surface area contributed by atoms with Crippen LogP contribution in [0.5, 0.6) is 5.75 Å². The number of carbonyl (C=O) groups excluding carboxylic acids is 3. The van der Waals surface area contributed by atoms with Gasteiger partial charge in [0.15, 0.2) is 0 Å². The van der Waals surface area contributed by atoms with E-state index in [0.29, 0.717) is 11.3 Å². The number of phenolic OH excluding ortho intramolecular Hbond substituents is 1. The summed E-state index contributed by atoms with van der Waals surface area (Å²) in [7, 11) is 0. The molecule has 0 unspecified atom stereocenters. The van der Waals surface area contributed by atoms with Gasteiger partial charge in [0.1, 0.15) is 11.3 Å². The summed E-state index contributed by atoms with van der Waals surface area (Å²) in [4.78, 5) is 38.0. The molecular weight excluding hydrogens is 424 g/mol. The third-order valence-corrected chi connectivity index (χ3v) is 4.98. The monoisotopic (exact) mass is 434 g/mol. The molecule has 2 aromatic rings. The van der Waals surface area contributed by atoms with Crippen LogP contribution in [0.2, 0.25) is 5.02 Å². The summed E-state index contributed by atoms with van der Waals surface area (Å²) < 4.78 is 0.830. The minimum Gasteiger partial charge on any atom is -0.506 e. The number of phenols is 1. The second-order valence-electron chi connectivity index (χ2n) is 5.60. The van der Waals surface area contributed by atoms with Crippen LogP contribution in [0.4, 0.5) is 10.5 Å². The molecule has 8 heteroatoms. The molecule has 0 atom stereocenters. The maximum Gasteiger partial charge on any atom is 0.335 e. The van der Waals surface area contributed by atoms with Gasteiger partial charge < -0.3 is 5.11 Å². The zero-order valence-electron chi connectivity index (χ0n) is 13.4. The van der Waals surface area contributed by atoms with Crippen LogP contribution in [0.3, 0.4) is 0 Å². The summed E-state index contributed by atoms with van der Waals surface area (Å²) in [6.45, 7) is 1.82. The zero-order chi connectivity index (χ0) is 19.0. The van der Waals surface area contributed by atoms with E-state index in [0.717, 1.165) is 14.9 Å². The number of rotatable bonds is 2. The number of carbonyl (C=O) groups is 3. The first-order chi connectivity index (χ1) is 12.3. The quantitative estimate of drug-likeness (QED) is 0.555.